The van der Waals surface area contributed by atoms with Crippen LogP contribution in [0.2, 0.25) is 0 Å². The molecule has 0 spiro atoms. The fraction of sp³-hybridized carbons (Fsp3) is 0.625. The Morgan fingerprint density at radius 3 is 2.56 bits per heavy atom. The van der Waals surface area contributed by atoms with Crippen molar-refractivity contribution in [2.75, 3.05) is 39.0 Å². The normalized spacial score (nSPS) is 20.1. The summed E-state index contributed by atoms with van der Waals surface area (Å²) in [6.45, 7) is 7.47. The highest BCUT2D eigenvalue weighted by Gasteiger charge is 2.24. The third-order valence-corrected chi connectivity index (χ3v) is 6.42. The maximum Gasteiger partial charge on any atom is 0.240 e. The highest BCUT2D eigenvalue weighted by molar-refractivity contribution is 7.91. The average molecular weight is 391 g/mol. The molecule has 142 valence electrons. The molecule has 0 aliphatic carbocycles. The van der Waals surface area contributed by atoms with Crippen LogP contribution in [0.5, 0.6) is 0 Å². The van der Waals surface area contributed by atoms with Gasteiger partial charge in [-0.05, 0) is 24.1 Å². The number of benzene rings is 1. The van der Waals surface area contributed by atoms with Gasteiger partial charge in [-0.2, -0.15) is 0 Å². The van der Waals surface area contributed by atoms with E-state index in [-0.39, 0.29) is 22.4 Å². The average Bonchev–Trinajstić information content (AvgIpc) is 2.52. The summed E-state index contributed by atoms with van der Waals surface area (Å²) in [4.78, 5) is 2.18. The number of hydrogen-bond donors (Lipinski definition) is 1. The first-order chi connectivity index (χ1) is 11.6. The molecular weight excluding hydrogens is 364 g/mol. The van der Waals surface area contributed by atoms with E-state index in [2.05, 4.69) is 23.5 Å². The molecule has 1 aromatic carbocycles. The molecule has 1 saturated heterocycles. The van der Waals surface area contributed by atoms with E-state index in [0.29, 0.717) is 19.1 Å². The molecule has 0 saturated carbocycles. The Labute approximate surface area is 150 Å². The lowest BCUT2D eigenvalue weighted by Gasteiger charge is -2.33. The van der Waals surface area contributed by atoms with E-state index in [1.807, 2.05) is 0 Å². The van der Waals surface area contributed by atoms with E-state index < -0.39 is 19.9 Å². The smallest absolute Gasteiger partial charge is 0.240 e. The molecular formula is C16H26N2O5S2. The van der Waals surface area contributed by atoms with Crippen molar-refractivity contribution in [1.82, 2.24) is 9.62 Å². The molecule has 0 bridgehead atoms. The van der Waals surface area contributed by atoms with Crippen molar-refractivity contribution in [3.8, 4) is 0 Å². The topological polar surface area (TPSA) is 92.8 Å². The van der Waals surface area contributed by atoms with E-state index in [1.54, 1.807) is 0 Å². The van der Waals surface area contributed by atoms with Gasteiger partial charge in [-0.1, -0.05) is 19.9 Å². The highest BCUT2D eigenvalue weighted by Crippen LogP contribution is 2.16. The molecule has 9 heteroatoms. The molecule has 0 amide bonds. The lowest BCUT2D eigenvalue weighted by atomic mass is 10.2. The van der Waals surface area contributed by atoms with Gasteiger partial charge in [0.15, 0.2) is 9.84 Å². The first kappa shape index (κ1) is 20.3. The van der Waals surface area contributed by atoms with Crippen molar-refractivity contribution in [2.24, 2.45) is 5.92 Å². The van der Waals surface area contributed by atoms with Crippen molar-refractivity contribution < 1.29 is 21.6 Å². The third-order valence-electron chi connectivity index (χ3n) is 3.89. The van der Waals surface area contributed by atoms with Gasteiger partial charge < -0.3 is 4.74 Å². The Bertz CT molecular complexity index is 790. The van der Waals surface area contributed by atoms with Gasteiger partial charge in [0.1, 0.15) is 0 Å². The van der Waals surface area contributed by atoms with Gasteiger partial charge in [0.2, 0.25) is 10.0 Å². The maximum absolute atomic E-state index is 12.4. The summed E-state index contributed by atoms with van der Waals surface area (Å²) in [7, 11) is -7.26. The largest absolute Gasteiger partial charge is 0.374 e. The Balaban J connectivity index is 2.02. The van der Waals surface area contributed by atoms with Gasteiger partial charge >= 0.3 is 0 Å². The summed E-state index contributed by atoms with van der Waals surface area (Å²) >= 11 is 0. The van der Waals surface area contributed by atoms with E-state index >= 15 is 0 Å². The van der Waals surface area contributed by atoms with E-state index in [1.165, 1.54) is 24.3 Å². The number of sulfonamides is 1. The lowest BCUT2D eigenvalue weighted by molar-refractivity contribution is -0.0280. The molecule has 2 rings (SSSR count). The van der Waals surface area contributed by atoms with Crippen LogP contribution in [0, 0.1) is 5.92 Å². The number of sulfone groups is 1. The SMILES string of the molecule is CC(C)CN1CCOC(CNS(=O)(=O)c2cccc(S(C)(=O)=O)c2)C1. The molecule has 0 radical (unpaired) electrons. The first-order valence-electron chi connectivity index (χ1n) is 8.21. The fourth-order valence-corrected chi connectivity index (χ4v) is 4.60. The summed E-state index contributed by atoms with van der Waals surface area (Å²) in [5.41, 5.74) is 0. The molecule has 1 aliphatic heterocycles. The van der Waals surface area contributed by atoms with Crippen molar-refractivity contribution in [1.29, 1.82) is 0 Å². The second kappa shape index (κ2) is 8.13. The summed E-state index contributed by atoms with van der Waals surface area (Å²) in [5.74, 6) is 0.536. The lowest BCUT2D eigenvalue weighted by Crippen LogP contribution is -2.48. The summed E-state index contributed by atoms with van der Waals surface area (Å²) in [6.07, 6.45) is 0.825. The zero-order valence-electron chi connectivity index (χ0n) is 14.8. The molecule has 25 heavy (non-hydrogen) atoms. The Hall–Kier alpha value is -1.00. The van der Waals surface area contributed by atoms with Gasteiger partial charge in [0.25, 0.3) is 0 Å². The number of nitrogens with one attached hydrogen (secondary N) is 1. The number of rotatable bonds is 7. The molecule has 1 unspecified atom stereocenters. The Morgan fingerprint density at radius 2 is 1.92 bits per heavy atom. The molecule has 0 aromatic heterocycles. The van der Waals surface area contributed by atoms with E-state index in [4.69, 9.17) is 4.74 Å². The molecule has 1 fully saturated rings. The Morgan fingerprint density at radius 1 is 1.24 bits per heavy atom. The van der Waals surface area contributed by atoms with Crippen LogP contribution in [0.25, 0.3) is 0 Å². The van der Waals surface area contributed by atoms with Crippen LogP contribution in [0.1, 0.15) is 13.8 Å². The van der Waals surface area contributed by atoms with Crippen molar-refractivity contribution in [3.63, 3.8) is 0 Å². The number of morpholine rings is 1. The number of ether oxygens (including phenoxy) is 1. The number of nitrogens with zero attached hydrogens (tertiary/aromatic N) is 1. The van der Waals surface area contributed by atoms with Crippen LogP contribution < -0.4 is 4.72 Å². The van der Waals surface area contributed by atoms with Crippen LogP contribution in [0.3, 0.4) is 0 Å². The van der Waals surface area contributed by atoms with Crippen molar-refractivity contribution in [3.05, 3.63) is 24.3 Å². The van der Waals surface area contributed by atoms with Crippen LogP contribution >= 0.6 is 0 Å². The maximum atomic E-state index is 12.4. The van der Waals surface area contributed by atoms with Gasteiger partial charge in [-0.25, -0.2) is 21.6 Å². The van der Waals surface area contributed by atoms with Gasteiger partial charge in [0.05, 0.1) is 22.5 Å². The van der Waals surface area contributed by atoms with Crippen molar-refractivity contribution >= 4 is 19.9 Å². The minimum atomic E-state index is -3.80. The van der Waals surface area contributed by atoms with Crippen LogP contribution in [-0.4, -0.2) is 66.9 Å². The number of hydrogen-bond acceptors (Lipinski definition) is 6. The molecule has 1 aromatic rings. The molecule has 1 aliphatic rings. The zero-order chi connectivity index (χ0) is 18.7. The third kappa shape index (κ3) is 6.03. The van der Waals surface area contributed by atoms with Crippen LogP contribution in [0.15, 0.2) is 34.1 Å². The quantitative estimate of drug-likeness (QED) is 0.738. The fourth-order valence-electron chi connectivity index (χ4n) is 2.74. The first-order valence-corrected chi connectivity index (χ1v) is 11.6. The van der Waals surface area contributed by atoms with Crippen molar-refractivity contribution in [2.45, 2.75) is 29.7 Å². The summed E-state index contributed by atoms with van der Waals surface area (Å²) in [6, 6.07) is 5.35. The van der Waals surface area contributed by atoms with E-state index in [9.17, 15) is 16.8 Å². The highest BCUT2D eigenvalue weighted by atomic mass is 32.2. The summed E-state index contributed by atoms with van der Waals surface area (Å²) < 4.78 is 56.2. The second-order valence-corrected chi connectivity index (χ2v) is 10.5. The van der Waals surface area contributed by atoms with Crippen LogP contribution in [-0.2, 0) is 24.6 Å². The van der Waals surface area contributed by atoms with Gasteiger partial charge in [0, 0.05) is 32.4 Å². The monoisotopic (exact) mass is 390 g/mol. The van der Waals surface area contributed by atoms with Crippen LogP contribution in [0.4, 0.5) is 0 Å². The second-order valence-electron chi connectivity index (χ2n) is 6.75. The summed E-state index contributed by atoms with van der Waals surface area (Å²) in [5, 5.41) is 0. The molecule has 1 heterocycles. The molecule has 1 N–H and O–H groups in total. The minimum Gasteiger partial charge on any atom is -0.374 e. The van der Waals surface area contributed by atoms with Gasteiger partial charge in [-0.15, -0.1) is 0 Å². The predicted octanol–water partition coefficient (Wildman–Crippen LogP) is 0.725. The Kier molecular flexibility index (Phi) is 6.61. The predicted molar refractivity (Wildman–Crippen MR) is 95.8 cm³/mol. The van der Waals surface area contributed by atoms with E-state index in [0.717, 1.165) is 19.3 Å². The molecule has 1 atom stereocenters. The zero-order valence-corrected chi connectivity index (χ0v) is 16.4. The molecule has 7 nitrogen and oxygen atoms in total. The standard InChI is InChI=1S/C16H26N2O5S2/c1-13(2)11-18-7-8-23-14(12-18)10-17-25(21,22)16-6-4-5-15(9-16)24(3,19)20/h4-6,9,13-14,17H,7-8,10-12H2,1-3H3. The van der Waals surface area contributed by atoms with Gasteiger partial charge in [-0.3, -0.25) is 4.90 Å². The minimum absolute atomic E-state index is 0.0209.